The van der Waals surface area contributed by atoms with Gasteiger partial charge in [0.05, 0.1) is 4.99 Å². The van der Waals surface area contributed by atoms with Gasteiger partial charge in [-0.2, -0.15) is 0 Å². The molecule has 0 aromatic carbocycles. The highest BCUT2D eigenvalue weighted by Crippen LogP contribution is 1.92. The number of rotatable bonds is 7. The third-order valence-electron chi connectivity index (χ3n) is 1.99. The Morgan fingerprint density at radius 3 is 2.23 bits per heavy atom. The predicted octanol–water partition coefficient (Wildman–Crippen LogP) is 0.546. The minimum Gasteiger partial charge on any atom is -0.393 e. The molecule has 3 nitrogen and oxygen atoms in total. The van der Waals surface area contributed by atoms with Crippen molar-refractivity contribution in [1.82, 2.24) is 9.80 Å². The van der Waals surface area contributed by atoms with Crippen LogP contribution in [-0.2, 0) is 0 Å². The van der Waals surface area contributed by atoms with Crippen molar-refractivity contribution < 1.29 is 0 Å². The number of likely N-dealkylation sites (N-methyl/N-ethyl adjacent to an activating group) is 2. The van der Waals surface area contributed by atoms with Gasteiger partial charge in [0.25, 0.3) is 0 Å². The van der Waals surface area contributed by atoms with Crippen LogP contribution in [0.4, 0.5) is 0 Å². The SMILES string of the molecule is CCN(CCC(N)=S)CCN(C)C. The number of hydrogen-bond acceptors (Lipinski definition) is 3. The summed E-state index contributed by atoms with van der Waals surface area (Å²) in [6.45, 7) is 6.39. The van der Waals surface area contributed by atoms with E-state index in [0.717, 1.165) is 32.6 Å². The van der Waals surface area contributed by atoms with Crippen molar-refractivity contribution in [2.75, 3.05) is 40.3 Å². The fraction of sp³-hybridized carbons (Fsp3) is 0.889. The maximum absolute atomic E-state index is 5.45. The van der Waals surface area contributed by atoms with Gasteiger partial charge in [-0.15, -0.1) is 0 Å². The molecule has 4 heteroatoms. The first kappa shape index (κ1) is 12.8. The first-order chi connectivity index (χ1) is 6.06. The Labute approximate surface area is 86.9 Å². The van der Waals surface area contributed by atoms with Crippen molar-refractivity contribution >= 4 is 17.2 Å². The quantitative estimate of drug-likeness (QED) is 0.612. The maximum atomic E-state index is 5.45. The summed E-state index contributed by atoms with van der Waals surface area (Å²) in [4.78, 5) is 5.16. The molecule has 0 aliphatic heterocycles. The Morgan fingerprint density at radius 2 is 1.85 bits per heavy atom. The van der Waals surface area contributed by atoms with Crippen LogP contribution in [-0.4, -0.2) is 55.1 Å². The summed E-state index contributed by atoms with van der Waals surface area (Å²) in [6, 6.07) is 0. The van der Waals surface area contributed by atoms with Crippen LogP contribution in [0.25, 0.3) is 0 Å². The zero-order chi connectivity index (χ0) is 10.3. The fourth-order valence-corrected chi connectivity index (χ4v) is 1.13. The summed E-state index contributed by atoms with van der Waals surface area (Å²) in [6.07, 6.45) is 0.830. The molecule has 0 spiro atoms. The lowest BCUT2D eigenvalue weighted by Gasteiger charge is -2.21. The third kappa shape index (κ3) is 8.15. The van der Waals surface area contributed by atoms with Crippen LogP contribution in [0.2, 0.25) is 0 Å². The first-order valence-electron chi connectivity index (χ1n) is 4.71. The zero-order valence-corrected chi connectivity index (χ0v) is 9.73. The van der Waals surface area contributed by atoms with Gasteiger partial charge in [0.15, 0.2) is 0 Å². The molecule has 0 unspecified atom stereocenters. The molecule has 78 valence electrons. The summed E-state index contributed by atoms with van der Waals surface area (Å²) >= 11 is 4.84. The molecule has 0 aromatic heterocycles. The highest BCUT2D eigenvalue weighted by Gasteiger charge is 2.02. The summed E-state index contributed by atoms with van der Waals surface area (Å²) in [5.41, 5.74) is 5.45. The molecule has 0 saturated carbocycles. The lowest BCUT2D eigenvalue weighted by atomic mass is 10.3. The molecule has 0 aromatic rings. The van der Waals surface area contributed by atoms with Gasteiger partial charge < -0.3 is 15.5 Å². The lowest BCUT2D eigenvalue weighted by Crippen LogP contribution is -2.33. The van der Waals surface area contributed by atoms with Crippen molar-refractivity contribution in [3.05, 3.63) is 0 Å². The molecule has 0 radical (unpaired) electrons. The summed E-state index contributed by atoms with van der Waals surface area (Å²) in [5, 5.41) is 0. The summed E-state index contributed by atoms with van der Waals surface area (Å²) in [5.74, 6) is 0. The lowest BCUT2D eigenvalue weighted by molar-refractivity contribution is 0.257. The minimum atomic E-state index is 0.614. The predicted molar refractivity (Wildman–Crippen MR) is 62.1 cm³/mol. The molecule has 0 aliphatic carbocycles. The van der Waals surface area contributed by atoms with E-state index in [4.69, 9.17) is 18.0 Å². The fourth-order valence-electron chi connectivity index (χ4n) is 1.04. The highest BCUT2D eigenvalue weighted by molar-refractivity contribution is 7.80. The van der Waals surface area contributed by atoms with Gasteiger partial charge in [0.2, 0.25) is 0 Å². The van der Waals surface area contributed by atoms with Crippen molar-refractivity contribution in [2.45, 2.75) is 13.3 Å². The molecular weight excluding hydrogens is 182 g/mol. The van der Waals surface area contributed by atoms with Crippen LogP contribution >= 0.6 is 12.2 Å². The number of hydrogen-bond donors (Lipinski definition) is 1. The molecule has 0 amide bonds. The third-order valence-corrected chi connectivity index (χ3v) is 2.19. The average Bonchev–Trinajstić information content (AvgIpc) is 2.04. The Morgan fingerprint density at radius 1 is 1.23 bits per heavy atom. The first-order valence-corrected chi connectivity index (χ1v) is 5.12. The molecule has 0 aliphatic rings. The Hall–Kier alpha value is -0.190. The number of nitrogens with zero attached hydrogens (tertiary/aromatic N) is 2. The average molecular weight is 203 g/mol. The Bertz CT molecular complexity index is 148. The van der Waals surface area contributed by atoms with Crippen LogP contribution in [0, 0.1) is 0 Å². The second-order valence-electron chi connectivity index (χ2n) is 3.45. The highest BCUT2D eigenvalue weighted by atomic mass is 32.1. The minimum absolute atomic E-state index is 0.614. The van der Waals surface area contributed by atoms with Crippen LogP contribution in [0.3, 0.4) is 0 Å². The molecular formula is C9H21N3S. The Balaban J connectivity index is 3.57. The van der Waals surface area contributed by atoms with Crippen LogP contribution in [0.1, 0.15) is 13.3 Å². The van der Waals surface area contributed by atoms with Crippen molar-refractivity contribution in [1.29, 1.82) is 0 Å². The van der Waals surface area contributed by atoms with Crippen LogP contribution in [0.5, 0.6) is 0 Å². The second-order valence-corrected chi connectivity index (χ2v) is 3.98. The number of thiocarbonyl (C=S) groups is 1. The number of nitrogens with two attached hydrogens (primary N) is 1. The molecule has 0 heterocycles. The van der Waals surface area contributed by atoms with Gasteiger partial charge in [0.1, 0.15) is 0 Å². The van der Waals surface area contributed by atoms with Crippen LogP contribution < -0.4 is 5.73 Å². The molecule has 0 saturated heterocycles. The smallest absolute Gasteiger partial charge is 0.0740 e. The monoisotopic (exact) mass is 203 g/mol. The maximum Gasteiger partial charge on any atom is 0.0740 e. The molecule has 0 fully saturated rings. The van der Waals surface area contributed by atoms with E-state index in [1.54, 1.807) is 0 Å². The molecule has 0 rings (SSSR count). The van der Waals surface area contributed by atoms with Gasteiger partial charge in [-0.05, 0) is 20.6 Å². The van der Waals surface area contributed by atoms with E-state index in [1.807, 2.05) is 0 Å². The van der Waals surface area contributed by atoms with E-state index >= 15 is 0 Å². The van der Waals surface area contributed by atoms with Gasteiger partial charge in [-0.25, -0.2) is 0 Å². The van der Waals surface area contributed by atoms with Gasteiger partial charge >= 0.3 is 0 Å². The topological polar surface area (TPSA) is 32.5 Å². The van der Waals surface area contributed by atoms with E-state index in [0.29, 0.717) is 4.99 Å². The van der Waals surface area contributed by atoms with Crippen molar-refractivity contribution in [3.8, 4) is 0 Å². The van der Waals surface area contributed by atoms with E-state index in [1.165, 1.54) is 0 Å². The standard InChI is InChI=1S/C9H21N3S/c1-4-12(6-5-9(10)13)8-7-11(2)3/h4-8H2,1-3H3,(H2,10,13). The Kier molecular flexibility index (Phi) is 7.13. The molecule has 0 bridgehead atoms. The van der Waals surface area contributed by atoms with Crippen molar-refractivity contribution in [3.63, 3.8) is 0 Å². The van der Waals surface area contributed by atoms with Gasteiger partial charge in [-0.3, -0.25) is 0 Å². The van der Waals surface area contributed by atoms with Gasteiger partial charge in [-0.1, -0.05) is 19.1 Å². The van der Waals surface area contributed by atoms with Crippen LogP contribution in [0.15, 0.2) is 0 Å². The summed E-state index contributed by atoms with van der Waals surface area (Å²) < 4.78 is 0. The molecule has 2 N–H and O–H groups in total. The largest absolute Gasteiger partial charge is 0.393 e. The molecule has 0 atom stereocenters. The molecule has 13 heavy (non-hydrogen) atoms. The van der Waals surface area contributed by atoms with E-state index in [-0.39, 0.29) is 0 Å². The zero-order valence-electron chi connectivity index (χ0n) is 8.92. The normalized spacial score (nSPS) is 11.2. The van der Waals surface area contributed by atoms with E-state index in [9.17, 15) is 0 Å². The van der Waals surface area contributed by atoms with E-state index < -0.39 is 0 Å². The van der Waals surface area contributed by atoms with E-state index in [2.05, 4.69) is 30.8 Å². The van der Waals surface area contributed by atoms with Gasteiger partial charge in [0, 0.05) is 26.1 Å². The second kappa shape index (κ2) is 7.24. The van der Waals surface area contributed by atoms with Crippen molar-refractivity contribution in [2.24, 2.45) is 5.73 Å². The summed E-state index contributed by atoms with van der Waals surface area (Å²) in [7, 11) is 4.17.